The Morgan fingerprint density at radius 1 is 1.41 bits per heavy atom. The van der Waals surface area contributed by atoms with E-state index in [-0.39, 0.29) is 5.91 Å². The Balaban J connectivity index is 2.11. The Morgan fingerprint density at radius 2 is 2.00 bits per heavy atom. The van der Waals surface area contributed by atoms with Crippen LogP contribution >= 0.6 is 12.2 Å². The van der Waals surface area contributed by atoms with Crippen LogP contribution in [0.3, 0.4) is 0 Å². The summed E-state index contributed by atoms with van der Waals surface area (Å²) in [6, 6.07) is 0. The molecule has 2 N–H and O–H groups in total. The first-order valence-corrected chi connectivity index (χ1v) is 7.10. The number of thiocarbonyl (C=S) groups is 1. The van der Waals surface area contributed by atoms with Crippen molar-refractivity contribution in [3.8, 4) is 0 Å². The molecule has 0 aromatic carbocycles. The van der Waals surface area contributed by atoms with E-state index >= 15 is 0 Å². The van der Waals surface area contributed by atoms with Crippen molar-refractivity contribution < 1.29 is 4.79 Å². The van der Waals surface area contributed by atoms with Crippen LogP contribution in [-0.2, 0) is 4.79 Å². The third-order valence-corrected chi connectivity index (χ3v) is 4.57. The highest BCUT2D eigenvalue weighted by molar-refractivity contribution is 7.80. The molecule has 0 aliphatic heterocycles. The zero-order chi connectivity index (χ0) is 12.5. The highest BCUT2D eigenvalue weighted by atomic mass is 32.1. The molecule has 2 fully saturated rings. The van der Waals surface area contributed by atoms with Gasteiger partial charge < -0.3 is 10.6 Å². The second-order valence-electron chi connectivity index (χ2n) is 5.44. The molecule has 0 heterocycles. The van der Waals surface area contributed by atoms with Crippen molar-refractivity contribution in [1.29, 1.82) is 0 Å². The molecule has 0 unspecified atom stereocenters. The van der Waals surface area contributed by atoms with Crippen molar-refractivity contribution in [2.45, 2.75) is 45.4 Å². The number of nitrogens with zero attached hydrogens (tertiary/aromatic N) is 1. The minimum Gasteiger partial charge on any atom is -0.392 e. The molecule has 0 radical (unpaired) electrons. The van der Waals surface area contributed by atoms with Crippen molar-refractivity contribution in [2.75, 3.05) is 13.1 Å². The zero-order valence-corrected chi connectivity index (χ0v) is 11.4. The average Bonchev–Trinajstić information content (AvgIpc) is 2.98. The maximum atomic E-state index is 12.7. The SMILES string of the molecule is CCN(CC1CC1)C(=O)C1(C(N)=S)CCCC1. The smallest absolute Gasteiger partial charge is 0.235 e. The minimum atomic E-state index is -0.514. The lowest BCUT2D eigenvalue weighted by atomic mass is 9.84. The predicted molar refractivity (Wildman–Crippen MR) is 72.7 cm³/mol. The molecule has 0 aromatic heterocycles. The first kappa shape index (κ1) is 12.8. The Hall–Kier alpha value is -0.640. The van der Waals surface area contributed by atoms with Crippen molar-refractivity contribution in [3.05, 3.63) is 0 Å². The van der Waals surface area contributed by atoms with E-state index in [2.05, 4.69) is 0 Å². The lowest BCUT2D eigenvalue weighted by Crippen LogP contribution is -2.49. The van der Waals surface area contributed by atoms with E-state index in [1.807, 2.05) is 11.8 Å². The van der Waals surface area contributed by atoms with Gasteiger partial charge in [-0.25, -0.2) is 0 Å². The lowest BCUT2D eigenvalue weighted by molar-refractivity contribution is -0.138. The summed E-state index contributed by atoms with van der Waals surface area (Å²) in [7, 11) is 0. The summed E-state index contributed by atoms with van der Waals surface area (Å²) >= 11 is 5.17. The molecule has 96 valence electrons. The highest BCUT2D eigenvalue weighted by Gasteiger charge is 2.46. The van der Waals surface area contributed by atoms with Gasteiger partial charge in [0.1, 0.15) is 0 Å². The van der Waals surface area contributed by atoms with E-state index in [9.17, 15) is 4.79 Å². The Kier molecular flexibility index (Phi) is 3.71. The fourth-order valence-electron chi connectivity index (χ4n) is 2.81. The maximum Gasteiger partial charge on any atom is 0.235 e. The molecule has 2 aliphatic carbocycles. The fraction of sp³-hybridized carbons (Fsp3) is 0.846. The third-order valence-electron chi connectivity index (χ3n) is 4.18. The molecule has 1 amide bonds. The van der Waals surface area contributed by atoms with Gasteiger partial charge in [0.05, 0.1) is 10.4 Å². The van der Waals surface area contributed by atoms with Gasteiger partial charge in [-0.1, -0.05) is 25.1 Å². The summed E-state index contributed by atoms with van der Waals surface area (Å²) in [6.07, 6.45) is 6.38. The standard InChI is InChI=1S/C13H22N2OS/c1-2-15(9-10-5-6-10)12(16)13(11(14)17)7-3-4-8-13/h10H,2-9H2,1H3,(H2,14,17). The average molecular weight is 254 g/mol. The predicted octanol–water partition coefficient (Wildman–Crippen LogP) is 2.09. The molecule has 2 saturated carbocycles. The first-order valence-electron chi connectivity index (χ1n) is 6.69. The molecule has 0 saturated heterocycles. The zero-order valence-electron chi connectivity index (χ0n) is 10.6. The van der Waals surface area contributed by atoms with E-state index in [0.717, 1.165) is 44.7 Å². The second-order valence-corrected chi connectivity index (χ2v) is 5.88. The second kappa shape index (κ2) is 4.92. The summed E-state index contributed by atoms with van der Waals surface area (Å²) in [5, 5.41) is 0. The number of carbonyl (C=O) groups is 1. The summed E-state index contributed by atoms with van der Waals surface area (Å²) in [6.45, 7) is 3.72. The number of nitrogens with two attached hydrogens (primary N) is 1. The van der Waals surface area contributed by atoms with Crippen molar-refractivity contribution in [3.63, 3.8) is 0 Å². The van der Waals surface area contributed by atoms with Gasteiger partial charge >= 0.3 is 0 Å². The van der Waals surface area contributed by atoms with Gasteiger partial charge in [-0.3, -0.25) is 4.79 Å². The summed E-state index contributed by atoms with van der Waals surface area (Å²) in [5.41, 5.74) is 5.34. The van der Waals surface area contributed by atoms with E-state index in [4.69, 9.17) is 18.0 Å². The van der Waals surface area contributed by atoms with Gasteiger partial charge in [-0.15, -0.1) is 0 Å². The van der Waals surface area contributed by atoms with Crippen LogP contribution < -0.4 is 5.73 Å². The summed E-state index contributed by atoms with van der Waals surface area (Å²) < 4.78 is 0. The summed E-state index contributed by atoms with van der Waals surface area (Å²) in [4.78, 5) is 15.0. The Morgan fingerprint density at radius 3 is 2.41 bits per heavy atom. The van der Waals surface area contributed by atoms with Crippen LogP contribution in [0.15, 0.2) is 0 Å². The molecule has 4 heteroatoms. The fourth-order valence-corrected chi connectivity index (χ4v) is 3.11. The van der Waals surface area contributed by atoms with E-state index in [0.29, 0.717) is 4.99 Å². The number of hydrogen-bond donors (Lipinski definition) is 1. The quantitative estimate of drug-likeness (QED) is 0.764. The molecule has 0 spiro atoms. The lowest BCUT2D eigenvalue weighted by Gasteiger charge is -2.33. The number of hydrogen-bond acceptors (Lipinski definition) is 2. The molecule has 2 rings (SSSR count). The monoisotopic (exact) mass is 254 g/mol. The van der Waals surface area contributed by atoms with Gasteiger partial charge in [0.15, 0.2) is 0 Å². The van der Waals surface area contributed by atoms with E-state index in [1.165, 1.54) is 12.8 Å². The molecule has 2 aliphatic rings. The maximum absolute atomic E-state index is 12.7. The van der Waals surface area contributed by atoms with Gasteiger partial charge in [-0.05, 0) is 38.5 Å². The summed E-state index contributed by atoms with van der Waals surface area (Å²) in [5.74, 6) is 0.917. The topological polar surface area (TPSA) is 46.3 Å². The van der Waals surface area contributed by atoms with E-state index in [1.54, 1.807) is 0 Å². The molecule has 0 aromatic rings. The van der Waals surface area contributed by atoms with Gasteiger partial charge in [-0.2, -0.15) is 0 Å². The van der Waals surface area contributed by atoms with Crippen LogP contribution in [0.5, 0.6) is 0 Å². The van der Waals surface area contributed by atoms with Crippen LogP contribution in [0.4, 0.5) is 0 Å². The molecule has 0 atom stereocenters. The molecule has 3 nitrogen and oxygen atoms in total. The number of rotatable bonds is 5. The normalized spacial score (nSPS) is 22.4. The van der Waals surface area contributed by atoms with Crippen LogP contribution in [0.1, 0.15) is 45.4 Å². The number of carbonyl (C=O) groups excluding carboxylic acids is 1. The van der Waals surface area contributed by atoms with Crippen molar-refractivity contribution in [1.82, 2.24) is 4.90 Å². The highest BCUT2D eigenvalue weighted by Crippen LogP contribution is 2.41. The van der Waals surface area contributed by atoms with Gasteiger partial charge in [0.2, 0.25) is 5.91 Å². The molecular weight excluding hydrogens is 232 g/mol. The Bertz CT molecular complexity index is 319. The molecular formula is C13H22N2OS. The van der Waals surface area contributed by atoms with Gasteiger partial charge in [0.25, 0.3) is 0 Å². The minimum absolute atomic E-state index is 0.192. The van der Waals surface area contributed by atoms with Crippen LogP contribution in [-0.4, -0.2) is 28.9 Å². The molecule has 0 bridgehead atoms. The first-order chi connectivity index (χ1) is 8.10. The largest absolute Gasteiger partial charge is 0.392 e. The van der Waals surface area contributed by atoms with Crippen LogP contribution in [0.25, 0.3) is 0 Å². The van der Waals surface area contributed by atoms with Crippen molar-refractivity contribution >= 4 is 23.1 Å². The third kappa shape index (κ3) is 2.46. The van der Waals surface area contributed by atoms with Crippen molar-refractivity contribution in [2.24, 2.45) is 17.1 Å². The Labute approximate surface area is 109 Å². The molecule has 17 heavy (non-hydrogen) atoms. The number of amides is 1. The van der Waals surface area contributed by atoms with Crippen LogP contribution in [0, 0.1) is 11.3 Å². The van der Waals surface area contributed by atoms with Crippen LogP contribution in [0.2, 0.25) is 0 Å². The van der Waals surface area contributed by atoms with E-state index < -0.39 is 5.41 Å². The van der Waals surface area contributed by atoms with Gasteiger partial charge in [0, 0.05) is 13.1 Å².